The fourth-order valence-corrected chi connectivity index (χ4v) is 3.93. The summed E-state index contributed by atoms with van der Waals surface area (Å²) in [6.07, 6.45) is 8.70. The fourth-order valence-electron chi connectivity index (χ4n) is 3.93. The topological polar surface area (TPSA) is 117 Å². The number of aliphatic hydroxyl groups excluding tert-OH is 1. The average Bonchev–Trinajstić information content (AvgIpc) is 3.52. The molecular formula is C20H22N8O. The Hall–Kier alpha value is -3.17. The molecule has 1 aromatic carbocycles. The van der Waals surface area contributed by atoms with E-state index < -0.39 is 6.23 Å². The maximum Gasteiger partial charge on any atom is 0.181 e. The highest BCUT2D eigenvalue weighted by Gasteiger charge is 2.23. The van der Waals surface area contributed by atoms with Gasteiger partial charge in [0, 0.05) is 12.5 Å². The highest BCUT2D eigenvalue weighted by atomic mass is 16.3. The summed E-state index contributed by atoms with van der Waals surface area (Å²) in [6, 6.07) is 7.90. The fraction of sp³-hybridized carbons (Fsp3) is 0.350. The van der Waals surface area contributed by atoms with Crippen molar-refractivity contribution >= 4 is 11.2 Å². The van der Waals surface area contributed by atoms with E-state index in [2.05, 4.69) is 35.6 Å². The van der Waals surface area contributed by atoms with Gasteiger partial charge in [0.25, 0.3) is 0 Å². The Bertz CT molecular complexity index is 1100. The van der Waals surface area contributed by atoms with Crippen molar-refractivity contribution in [3.05, 3.63) is 60.1 Å². The zero-order chi connectivity index (χ0) is 19.6. The van der Waals surface area contributed by atoms with E-state index in [0.29, 0.717) is 29.3 Å². The summed E-state index contributed by atoms with van der Waals surface area (Å²) in [7, 11) is 0. The molecule has 0 aliphatic heterocycles. The number of aromatic amines is 1. The molecule has 5 rings (SSSR count). The molecule has 3 aromatic heterocycles. The largest absolute Gasteiger partial charge is 0.373 e. The Morgan fingerprint density at radius 1 is 1.24 bits per heavy atom. The third-order valence-electron chi connectivity index (χ3n) is 5.43. The molecule has 1 unspecified atom stereocenters. The number of aliphatic hydroxyl groups is 1. The Morgan fingerprint density at radius 3 is 2.97 bits per heavy atom. The monoisotopic (exact) mass is 390 g/mol. The number of rotatable bonds is 6. The summed E-state index contributed by atoms with van der Waals surface area (Å²) in [4.78, 5) is 16.6. The molecule has 1 fully saturated rings. The summed E-state index contributed by atoms with van der Waals surface area (Å²) >= 11 is 0. The van der Waals surface area contributed by atoms with Crippen LogP contribution in [0.3, 0.4) is 0 Å². The van der Waals surface area contributed by atoms with Gasteiger partial charge in [0.05, 0.1) is 18.1 Å². The van der Waals surface area contributed by atoms with Gasteiger partial charge < -0.3 is 10.1 Å². The van der Waals surface area contributed by atoms with E-state index in [9.17, 15) is 5.11 Å². The number of nitrogens with one attached hydrogen (secondary N) is 2. The summed E-state index contributed by atoms with van der Waals surface area (Å²) in [5.41, 5.74) is 3.74. The first-order valence-corrected chi connectivity index (χ1v) is 9.85. The number of hydrogen-bond donors (Lipinski definition) is 3. The van der Waals surface area contributed by atoms with Crippen LogP contribution in [0, 0.1) is 0 Å². The van der Waals surface area contributed by atoms with Crippen molar-refractivity contribution in [2.24, 2.45) is 0 Å². The van der Waals surface area contributed by atoms with Gasteiger partial charge in [0.1, 0.15) is 23.4 Å². The van der Waals surface area contributed by atoms with E-state index in [1.807, 2.05) is 24.3 Å². The lowest BCUT2D eigenvalue weighted by atomic mass is 10.1. The molecule has 1 aliphatic carbocycles. The van der Waals surface area contributed by atoms with Crippen molar-refractivity contribution in [2.75, 3.05) is 0 Å². The molecule has 3 N–H and O–H groups in total. The van der Waals surface area contributed by atoms with Gasteiger partial charge in [-0.2, -0.15) is 0 Å². The highest BCUT2D eigenvalue weighted by molar-refractivity contribution is 5.73. The number of H-pyrrole nitrogens is 1. The van der Waals surface area contributed by atoms with Gasteiger partial charge in [0.2, 0.25) is 0 Å². The van der Waals surface area contributed by atoms with Crippen molar-refractivity contribution < 1.29 is 5.11 Å². The Labute approximate surface area is 167 Å². The van der Waals surface area contributed by atoms with Gasteiger partial charge in [-0.05, 0) is 30.5 Å². The van der Waals surface area contributed by atoms with Crippen LogP contribution in [0.4, 0.5) is 0 Å². The van der Waals surface area contributed by atoms with Gasteiger partial charge in [-0.1, -0.05) is 30.2 Å². The molecule has 148 valence electrons. The van der Waals surface area contributed by atoms with E-state index in [0.717, 1.165) is 29.9 Å². The van der Waals surface area contributed by atoms with Crippen LogP contribution in [0.15, 0.2) is 43.0 Å². The second kappa shape index (κ2) is 7.69. The molecule has 1 aliphatic rings. The standard InChI is InChI=1S/C20H22N8O/c29-20(21-11-13-4-3-7-15(10-13)28-9-8-24-27-28)17-16-19(23-12-22-17)26-18(25-16)14-5-1-2-6-14/h3-4,7-10,12,14,20-21,29H,1-2,5-6,11H2,(H,22,23,25,26). The van der Waals surface area contributed by atoms with Crippen molar-refractivity contribution in [1.82, 2.24) is 40.2 Å². The number of benzene rings is 1. The molecule has 3 heterocycles. The van der Waals surface area contributed by atoms with E-state index in [1.165, 1.54) is 19.2 Å². The van der Waals surface area contributed by atoms with Gasteiger partial charge in [-0.15, -0.1) is 5.10 Å². The number of nitrogens with zero attached hydrogens (tertiary/aromatic N) is 6. The van der Waals surface area contributed by atoms with Crippen LogP contribution in [-0.2, 0) is 6.54 Å². The SMILES string of the molecule is OC(NCc1cccc(-n2ccnn2)c1)c1ncnc2nc(C3CCCC3)[nH]c12. The smallest absolute Gasteiger partial charge is 0.181 e. The molecule has 0 saturated heterocycles. The zero-order valence-electron chi connectivity index (χ0n) is 15.9. The minimum atomic E-state index is -0.938. The summed E-state index contributed by atoms with van der Waals surface area (Å²) < 4.78 is 1.70. The van der Waals surface area contributed by atoms with Gasteiger partial charge in [-0.3, -0.25) is 5.32 Å². The van der Waals surface area contributed by atoms with Crippen LogP contribution < -0.4 is 5.32 Å². The molecule has 0 spiro atoms. The van der Waals surface area contributed by atoms with Crippen LogP contribution in [0.25, 0.3) is 16.9 Å². The Morgan fingerprint density at radius 2 is 2.14 bits per heavy atom. The summed E-state index contributed by atoms with van der Waals surface area (Å²) in [6.45, 7) is 0.471. The van der Waals surface area contributed by atoms with Crippen LogP contribution >= 0.6 is 0 Å². The molecule has 9 nitrogen and oxygen atoms in total. The average molecular weight is 390 g/mol. The minimum Gasteiger partial charge on any atom is -0.373 e. The van der Waals surface area contributed by atoms with Gasteiger partial charge >= 0.3 is 0 Å². The normalized spacial score (nSPS) is 15.9. The second-order valence-corrected chi connectivity index (χ2v) is 7.36. The van der Waals surface area contributed by atoms with Crippen molar-refractivity contribution in [2.45, 2.75) is 44.4 Å². The summed E-state index contributed by atoms with van der Waals surface area (Å²) in [5, 5.41) is 21.7. The van der Waals surface area contributed by atoms with E-state index in [1.54, 1.807) is 17.1 Å². The lowest BCUT2D eigenvalue weighted by Gasteiger charge is -2.13. The minimum absolute atomic E-state index is 0.446. The number of imidazole rings is 1. The third-order valence-corrected chi connectivity index (χ3v) is 5.43. The Balaban J connectivity index is 1.34. The predicted molar refractivity (Wildman–Crippen MR) is 106 cm³/mol. The highest BCUT2D eigenvalue weighted by Crippen LogP contribution is 2.33. The van der Waals surface area contributed by atoms with E-state index >= 15 is 0 Å². The lowest BCUT2D eigenvalue weighted by Crippen LogP contribution is -2.22. The van der Waals surface area contributed by atoms with Crippen LogP contribution in [-0.4, -0.2) is 40.0 Å². The molecule has 0 amide bonds. The van der Waals surface area contributed by atoms with Crippen molar-refractivity contribution in [1.29, 1.82) is 0 Å². The predicted octanol–water partition coefficient (Wildman–Crippen LogP) is 2.37. The third kappa shape index (κ3) is 3.62. The van der Waals surface area contributed by atoms with Crippen LogP contribution in [0.5, 0.6) is 0 Å². The molecular weight excluding hydrogens is 368 g/mol. The maximum atomic E-state index is 10.7. The molecule has 1 saturated carbocycles. The van der Waals surface area contributed by atoms with Gasteiger partial charge in [-0.25, -0.2) is 19.6 Å². The zero-order valence-corrected chi connectivity index (χ0v) is 15.9. The molecule has 0 bridgehead atoms. The van der Waals surface area contributed by atoms with E-state index in [-0.39, 0.29) is 0 Å². The molecule has 1 atom stereocenters. The lowest BCUT2D eigenvalue weighted by molar-refractivity contribution is 0.134. The second-order valence-electron chi connectivity index (χ2n) is 7.36. The van der Waals surface area contributed by atoms with E-state index in [4.69, 9.17) is 0 Å². The molecule has 4 aromatic rings. The first kappa shape index (κ1) is 17.9. The Kier molecular flexibility index (Phi) is 4.74. The number of aromatic nitrogens is 7. The first-order valence-electron chi connectivity index (χ1n) is 9.85. The molecule has 29 heavy (non-hydrogen) atoms. The number of fused-ring (bicyclic) bond motifs is 1. The van der Waals surface area contributed by atoms with Crippen molar-refractivity contribution in [3.63, 3.8) is 0 Å². The quantitative estimate of drug-likeness (QED) is 0.433. The summed E-state index contributed by atoms with van der Waals surface area (Å²) in [5.74, 6) is 1.40. The number of hydrogen-bond acceptors (Lipinski definition) is 7. The van der Waals surface area contributed by atoms with Gasteiger partial charge in [0.15, 0.2) is 11.9 Å². The first-order chi connectivity index (χ1) is 14.3. The molecule has 0 radical (unpaired) electrons. The van der Waals surface area contributed by atoms with Crippen molar-refractivity contribution in [3.8, 4) is 5.69 Å². The van der Waals surface area contributed by atoms with Crippen LogP contribution in [0.1, 0.15) is 54.9 Å². The van der Waals surface area contributed by atoms with Crippen LogP contribution in [0.2, 0.25) is 0 Å². The maximum absolute atomic E-state index is 10.7. The molecule has 9 heteroatoms.